The van der Waals surface area contributed by atoms with Crippen molar-refractivity contribution in [1.82, 2.24) is 9.62 Å². The molecule has 0 atom stereocenters. The Morgan fingerprint density at radius 2 is 1.89 bits per heavy atom. The predicted octanol–water partition coefficient (Wildman–Crippen LogP) is 1.18. The summed E-state index contributed by atoms with van der Waals surface area (Å²) in [5.41, 5.74) is 0.836. The molecule has 0 unspecified atom stereocenters. The van der Waals surface area contributed by atoms with Crippen LogP contribution in [-0.4, -0.2) is 39.4 Å². The van der Waals surface area contributed by atoms with Crippen LogP contribution < -0.4 is 4.72 Å². The van der Waals surface area contributed by atoms with E-state index >= 15 is 0 Å². The lowest BCUT2D eigenvalue weighted by molar-refractivity contribution is -0.128. The van der Waals surface area contributed by atoms with Crippen LogP contribution in [0.1, 0.15) is 12.5 Å². The Balaban J connectivity index is 2.73. The van der Waals surface area contributed by atoms with Gasteiger partial charge < -0.3 is 4.90 Å². The molecule has 0 radical (unpaired) electrons. The average Bonchev–Trinajstić information content (AvgIpc) is 2.44. The lowest BCUT2D eigenvalue weighted by Crippen LogP contribution is -2.37. The maximum absolute atomic E-state index is 11.9. The van der Waals surface area contributed by atoms with Crippen molar-refractivity contribution in [1.29, 1.82) is 0 Å². The molecule has 106 valence electrons. The minimum Gasteiger partial charge on any atom is -0.345 e. The molecule has 0 spiro atoms. The van der Waals surface area contributed by atoms with E-state index in [1.165, 1.54) is 17.0 Å². The number of nitrogens with one attached hydrogen (secondary N) is 1. The van der Waals surface area contributed by atoms with E-state index in [4.69, 9.17) is 11.6 Å². The number of rotatable bonds is 6. The SMILES string of the molecule is CCN(C)C(=O)CNS(=O)(=O)c1ccc(CCl)cc1. The highest BCUT2D eigenvalue weighted by atomic mass is 35.5. The second kappa shape index (κ2) is 6.88. The topological polar surface area (TPSA) is 66.5 Å². The first-order valence-electron chi connectivity index (χ1n) is 5.79. The number of sulfonamides is 1. The first-order chi connectivity index (χ1) is 8.90. The van der Waals surface area contributed by atoms with Crippen LogP contribution in [0, 0.1) is 0 Å². The van der Waals surface area contributed by atoms with Gasteiger partial charge in [0.15, 0.2) is 0 Å². The molecule has 0 saturated carbocycles. The Bertz CT molecular complexity index is 528. The van der Waals surface area contributed by atoms with E-state index in [1.807, 2.05) is 6.92 Å². The van der Waals surface area contributed by atoms with Crippen LogP contribution in [0.15, 0.2) is 29.2 Å². The van der Waals surface area contributed by atoms with E-state index in [0.29, 0.717) is 12.4 Å². The fourth-order valence-electron chi connectivity index (χ4n) is 1.31. The summed E-state index contributed by atoms with van der Waals surface area (Å²) in [7, 11) is -2.05. The zero-order valence-corrected chi connectivity index (χ0v) is 12.5. The molecule has 0 heterocycles. The highest BCUT2D eigenvalue weighted by Crippen LogP contribution is 2.11. The van der Waals surface area contributed by atoms with Gasteiger partial charge >= 0.3 is 0 Å². The number of amides is 1. The predicted molar refractivity (Wildman–Crippen MR) is 74.5 cm³/mol. The molecule has 0 fully saturated rings. The molecule has 19 heavy (non-hydrogen) atoms. The van der Waals surface area contributed by atoms with Gasteiger partial charge in [0.05, 0.1) is 11.4 Å². The summed E-state index contributed by atoms with van der Waals surface area (Å²) in [6, 6.07) is 6.21. The number of halogens is 1. The molecule has 0 aliphatic rings. The van der Waals surface area contributed by atoms with E-state index in [-0.39, 0.29) is 17.3 Å². The van der Waals surface area contributed by atoms with Gasteiger partial charge in [-0.2, -0.15) is 0 Å². The van der Waals surface area contributed by atoms with E-state index in [0.717, 1.165) is 5.56 Å². The van der Waals surface area contributed by atoms with Gasteiger partial charge in [-0.1, -0.05) is 12.1 Å². The van der Waals surface area contributed by atoms with Crippen LogP contribution in [0.5, 0.6) is 0 Å². The van der Waals surface area contributed by atoms with Crippen LogP contribution in [-0.2, 0) is 20.7 Å². The summed E-state index contributed by atoms with van der Waals surface area (Å²) in [6.45, 7) is 2.10. The van der Waals surface area contributed by atoms with Crippen LogP contribution in [0.4, 0.5) is 0 Å². The van der Waals surface area contributed by atoms with Crippen LogP contribution in [0.2, 0.25) is 0 Å². The van der Waals surface area contributed by atoms with Crippen molar-refractivity contribution in [2.75, 3.05) is 20.1 Å². The van der Waals surface area contributed by atoms with Crippen molar-refractivity contribution in [3.05, 3.63) is 29.8 Å². The minimum absolute atomic E-state index is 0.119. The van der Waals surface area contributed by atoms with Crippen molar-refractivity contribution < 1.29 is 13.2 Å². The van der Waals surface area contributed by atoms with Crippen molar-refractivity contribution in [3.8, 4) is 0 Å². The number of likely N-dealkylation sites (N-methyl/N-ethyl adjacent to an activating group) is 1. The van der Waals surface area contributed by atoms with Crippen LogP contribution in [0.3, 0.4) is 0 Å². The summed E-state index contributed by atoms with van der Waals surface area (Å²) in [5, 5.41) is 0. The standard InChI is InChI=1S/C12H17ClN2O3S/c1-3-15(2)12(16)9-14-19(17,18)11-6-4-10(8-13)5-7-11/h4-7,14H,3,8-9H2,1-2H3. The number of nitrogens with zero attached hydrogens (tertiary/aromatic N) is 1. The number of benzene rings is 1. The monoisotopic (exact) mass is 304 g/mol. The van der Waals surface area contributed by atoms with Gasteiger partial charge in [0.2, 0.25) is 15.9 Å². The molecule has 0 saturated heterocycles. The fourth-order valence-corrected chi connectivity index (χ4v) is 2.46. The molecular weight excluding hydrogens is 288 g/mol. The minimum atomic E-state index is -3.66. The Hall–Kier alpha value is -1.11. The van der Waals surface area contributed by atoms with Crippen molar-refractivity contribution >= 4 is 27.5 Å². The first-order valence-corrected chi connectivity index (χ1v) is 7.81. The van der Waals surface area contributed by atoms with Crippen LogP contribution >= 0.6 is 11.6 Å². The molecule has 0 aliphatic carbocycles. The number of hydrogen-bond donors (Lipinski definition) is 1. The second-order valence-electron chi connectivity index (χ2n) is 4.01. The normalized spacial score (nSPS) is 11.3. The smallest absolute Gasteiger partial charge is 0.241 e. The summed E-state index contributed by atoms with van der Waals surface area (Å²) in [6.07, 6.45) is 0. The van der Waals surface area contributed by atoms with Gasteiger partial charge in [-0.3, -0.25) is 4.79 Å². The molecule has 1 aromatic rings. The van der Waals surface area contributed by atoms with Crippen molar-refractivity contribution in [2.45, 2.75) is 17.7 Å². The molecule has 1 aromatic carbocycles. The van der Waals surface area contributed by atoms with E-state index in [9.17, 15) is 13.2 Å². The van der Waals surface area contributed by atoms with E-state index < -0.39 is 10.0 Å². The van der Waals surface area contributed by atoms with Gasteiger partial charge in [-0.15, -0.1) is 11.6 Å². The third kappa shape index (κ3) is 4.49. The maximum atomic E-state index is 11.9. The zero-order valence-electron chi connectivity index (χ0n) is 10.9. The number of carbonyl (C=O) groups excluding carboxylic acids is 1. The number of hydrogen-bond acceptors (Lipinski definition) is 3. The fraction of sp³-hybridized carbons (Fsp3) is 0.417. The van der Waals surface area contributed by atoms with E-state index in [1.54, 1.807) is 19.2 Å². The van der Waals surface area contributed by atoms with Gasteiger partial charge in [-0.05, 0) is 24.6 Å². The quantitative estimate of drug-likeness (QED) is 0.803. The highest BCUT2D eigenvalue weighted by Gasteiger charge is 2.16. The molecule has 5 nitrogen and oxygen atoms in total. The second-order valence-corrected chi connectivity index (χ2v) is 6.04. The first kappa shape index (κ1) is 15.9. The summed E-state index contributed by atoms with van der Waals surface area (Å²) in [4.78, 5) is 13.1. The Morgan fingerprint density at radius 3 is 2.37 bits per heavy atom. The van der Waals surface area contributed by atoms with Gasteiger partial charge in [0.25, 0.3) is 0 Å². The summed E-state index contributed by atoms with van der Waals surface area (Å²) < 4.78 is 26.1. The Labute approximate surface area is 118 Å². The molecule has 0 bridgehead atoms. The van der Waals surface area contributed by atoms with Crippen molar-refractivity contribution in [3.63, 3.8) is 0 Å². The Kier molecular flexibility index (Phi) is 5.78. The third-order valence-electron chi connectivity index (χ3n) is 2.70. The van der Waals surface area contributed by atoms with Crippen molar-refractivity contribution in [2.24, 2.45) is 0 Å². The van der Waals surface area contributed by atoms with Crippen LogP contribution in [0.25, 0.3) is 0 Å². The average molecular weight is 305 g/mol. The van der Waals surface area contributed by atoms with Gasteiger partial charge in [0, 0.05) is 19.5 Å². The third-order valence-corrected chi connectivity index (χ3v) is 4.43. The number of carbonyl (C=O) groups is 1. The summed E-state index contributed by atoms with van der Waals surface area (Å²) in [5.74, 6) is 0.0523. The molecule has 0 aromatic heterocycles. The molecule has 0 aliphatic heterocycles. The molecule has 1 rings (SSSR count). The zero-order chi connectivity index (χ0) is 14.5. The van der Waals surface area contributed by atoms with E-state index in [2.05, 4.69) is 4.72 Å². The number of alkyl halides is 1. The lowest BCUT2D eigenvalue weighted by atomic mass is 10.2. The maximum Gasteiger partial charge on any atom is 0.241 e. The molecule has 1 N–H and O–H groups in total. The summed E-state index contributed by atoms with van der Waals surface area (Å²) >= 11 is 5.63. The molecular formula is C12H17ClN2O3S. The Morgan fingerprint density at radius 1 is 1.32 bits per heavy atom. The lowest BCUT2D eigenvalue weighted by Gasteiger charge is -2.14. The largest absolute Gasteiger partial charge is 0.345 e. The molecule has 1 amide bonds. The van der Waals surface area contributed by atoms with Gasteiger partial charge in [0.1, 0.15) is 0 Å². The highest BCUT2D eigenvalue weighted by molar-refractivity contribution is 7.89. The molecule has 7 heteroatoms. The van der Waals surface area contributed by atoms with Gasteiger partial charge in [-0.25, -0.2) is 13.1 Å².